The maximum Gasteiger partial charge on any atom is 0.255 e. The Balaban J connectivity index is 2.13. The van der Waals surface area contributed by atoms with Gasteiger partial charge < -0.3 is 15.5 Å². The normalized spacial score (nSPS) is 19.4. The molecule has 5 nitrogen and oxygen atoms in total. The molecule has 0 aromatic carbocycles. The lowest BCUT2D eigenvalue weighted by Crippen LogP contribution is -2.52. The first kappa shape index (κ1) is 14.5. The van der Waals surface area contributed by atoms with Crippen LogP contribution in [0.2, 0.25) is 0 Å². The fraction of sp³-hybridized carbons (Fsp3) is 0.467. The topological polar surface area (TPSA) is 62.5 Å². The summed E-state index contributed by atoms with van der Waals surface area (Å²) in [4.78, 5) is 20.7. The Kier molecular flexibility index (Phi) is 4.72. The van der Waals surface area contributed by atoms with Crippen LogP contribution >= 0.6 is 0 Å². The zero-order chi connectivity index (χ0) is 14.5. The van der Waals surface area contributed by atoms with Gasteiger partial charge in [0.25, 0.3) is 5.91 Å². The number of hydrogen-bond donors (Lipinski definition) is 1. The molecule has 1 amide bonds. The van der Waals surface area contributed by atoms with Crippen LogP contribution in [0.3, 0.4) is 0 Å². The Morgan fingerprint density at radius 1 is 1.50 bits per heavy atom. The van der Waals surface area contributed by atoms with Crippen molar-refractivity contribution in [2.75, 3.05) is 33.2 Å². The minimum Gasteiger partial charge on any atom is -0.336 e. The van der Waals surface area contributed by atoms with Crippen LogP contribution in [0.25, 0.3) is 0 Å². The molecule has 0 spiro atoms. The predicted molar refractivity (Wildman–Crippen MR) is 78.2 cm³/mol. The van der Waals surface area contributed by atoms with E-state index in [-0.39, 0.29) is 5.91 Å². The van der Waals surface area contributed by atoms with Gasteiger partial charge in [0.15, 0.2) is 0 Å². The molecule has 106 valence electrons. The monoisotopic (exact) mass is 272 g/mol. The van der Waals surface area contributed by atoms with Gasteiger partial charge in [0.2, 0.25) is 0 Å². The first-order chi connectivity index (χ1) is 9.61. The van der Waals surface area contributed by atoms with Crippen molar-refractivity contribution in [1.82, 2.24) is 14.8 Å². The fourth-order valence-electron chi connectivity index (χ4n) is 2.19. The van der Waals surface area contributed by atoms with E-state index in [1.807, 2.05) is 4.90 Å². The number of nitrogens with two attached hydrogens (primary N) is 1. The first-order valence-corrected chi connectivity index (χ1v) is 6.75. The Bertz CT molecular complexity index is 546. The lowest BCUT2D eigenvalue weighted by molar-refractivity contribution is 0.0572. The summed E-state index contributed by atoms with van der Waals surface area (Å²) in [6, 6.07) is 2.15. The van der Waals surface area contributed by atoms with Gasteiger partial charge in [-0.15, -0.1) is 0 Å². The van der Waals surface area contributed by atoms with Crippen LogP contribution in [-0.2, 0) is 0 Å². The molecular formula is C15H20N4O. The molecule has 2 N–H and O–H groups in total. The van der Waals surface area contributed by atoms with Crippen LogP contribution in [0.15, 0.2) is 18.5 Å². The standard InChI is InChI=1S/C15H20N4O/c1-12-11-19(7-6-18(12)2)15(20)14-8-13(4-3-5-16)9-17-10-14/h8-10,12H,5-7,11,16H2,1-2H3. The number of rotatable bonds is 1. The van der Waals surface area contributed by atoms with E-state index in [0.717, 1.165) is 25.2 Å². The van der Waals surface area contributed by atoms with E-state index in [1.165, 1.54) is 0 Å². The summed E-state index contributed by atoms with van der Waals surface area (Å²) in [5, 5.41) is 0. The summed E-state index contributed by atoms with van der Waals surface area (Å²) >= 11 is 0. The van der Waals surface area contributed by atoms with Crippen molar-refractivity contribution < 1.29 is 4.79 Å². The molecule has 1 aromatic rings. The number of nitrogens with zero attached hydrogens (tertiary/aromatic N) is 3. The van der Waals surface area contributed by atoms with Gasteiger partial charge in [-0.25, -0.2) is 0 Å². The molecule has 5 heteroatoms. The van der Waals surface area contributed by atoms with Crippen molar-refractivity contribution in [1.29, 1.82) is 0 Å². The quantitative estimate of drug-likeness (QED) is 0.740. The summed E-state index contributed by atoms with van der Waals surface area (Å²) < 4.78 is 0. The van der Waals surface area contributed by atoms with E-state index in [2.05, 4.69) is 35.7 Å². The maximum atomic E-state index is 12.5. The van der Waals surface area contributed by atoms with Gasteiger partial charge in [-0.05, 0) is 20.0 Å². The maximum absolute atomic E-state index is 12.5. The van der Waals surface area contributed by atoms with Crippen molar-refractivity contribution in [3.05, 3.63) is 29.6 Å². The second-order valence-electron chi connectivity index (χ2n) is 5.05. The third-order valence-corrected chi connectivity index (χ3v) is 3.57. The molecular weight excluding hydrogens is 252 g/mol. The van der Waals surface area contributed by atoms with E-state index in [9.17, 15) is 4.79 Å². The van der Waals surface area contributed by atoms with Crippen LogP contribution in [0.4, 0.5) is 0 Å². The Morgan fingerprint density at radius 3 is 3.00 bits per heavy atom. The summed E-state index contributed by atoms with van der Waals surface area (Å²) in [6.45, 7) is 4.81. The second kappa shape index (κ2) is 6.51. The summed E-state index contributed by atoms with van der Waals surface area (Å²) in [5.74, 6) is 5.69. The van der Waals surface area contributed by atoms with E-state index in [4.69, 9.17) is 5.73 Å². The number of likely N-dealkylation sites (N-methyl/N-ethyl adjacent to an activating group) is 1. The highest BCUT2D eigenvalue weighted by Gasteiger charge is 2.25. The lowest BCUT2D eigenvalue weighted by Gasteiger charge is -2.37. The molecule has 1 aromatic heterocycles. The van der Waals surface area contributed by atoms with Crippen LogP contribution in [-0.4, -0.2) is 60.0 Å². The molecule has 1 fully saturated rings. The molecule has 1 aliphatic rings. The van der Waals surface area contributed by atoms with Gasteiger partial charge in [-0.3, -0.25) is 9.78 Å². The lowest BCUT2D eigenvalue weighted by atomic mass is 10.1. The van der Waals surface area contributed by atoms with Gasteiger partial charge in [-0.1, -0.05) is 11.8 Å². The molecule has 1 saturated heterocycles. The van der Waals surface area contributed by atoms with E-state index in [0.29, 0.717) is 18.2 Å². The molecule has 0 saturated carbocycles. The summed E-state index contributed by atoms with van der Waals surface area (Å²) in [6.07, 6.45) is 3.24. The van der Waals surface area contributed by atoms with Crippen molar-refractivity contribution in [2.45, 2.75) is 13.0 Å². The van der Waals surface area contributed by atoms with Crippen LogP contribution in [0.1, 0.15) is 22.8 Å². The van der Waals surface area contributed by atoms with Crippen molar-refractivity contribution >= 4 is 5.91 Å². The van der Waals surface area contributed by atoms with E-state index in [1.54, 1.807) is 18.5 Å². The smallest absolute Gasteiger partial charge is 0.255 e. The predicted octanol–water partition coefficient (Wildman–Crippen LogP) is 0.168. The Hall–Kier alpha value is -1.90. The third kappa shape index (κ3) is 3.35. The second-order valence-corrected chi connectivity index (χ2v) is 5.05. The van der Waals surface area contributed by atoms with E-state index < -0.39 is 0 Å². The molecule has 1 atom stereocenters. The molecule has 1 unspecified atom stereocenters. The number of hydrogen-bond acceptors (Lipinski definition) is 4. The zero-order valence-electron chi connectivity index (χ0n) is 12.0. The van der Waals surface area contributed by atoms with Crippen LogP contribution < -0.4 is 5.73 Å². The van der Waals surface area contributed by atoms with Crippen LogP contribution in [0.5, 0.6) is 0 Å². The average Bonchev–Trinajstić information content (AvgIpc) is 2.47. The number of carbonyl (C=O) groups is 1. The summed E-state index contributed by atoms with van der Waals surface area (Å²) in [5.41, 5.74) is 6.66. The molecule has 0 aliphatic carbocycles. The molecule has 0 bridgehead atoms. The molecule has 1 aliphatic heterocycles. The van der Waals surface area contributed by atoms with Gasteiger partial charge in [0.1, 0.15) is 0 Å². The minimum absolute atomic E-state index is 0.0221. The number of aromatic nitrogens is 1. The average molecular weight is 272 g/mol. The number of carbonyl (C=O) groups excluding carboxylic acids is 1. The molecule has 20 heavy (non-hydrogen) atoms. The Labute approximate surface area is 119 Å². The zero-order valence-corrected chi connectivity index (χ0v) is 12.0. The SMILES string of the molecule is CC1CN(C(=O)c2cncc(C#CCN)c2)CCN1C. The van der Waals surface area contributed by atoms with Crippen molar-refractivity contribution in [3.8, 4) is 11.8 Å². The molecule has 0 radical (unpaired) electrons. The van der Waals surface area contributed by atoms with Crippen molar-refractivity contribution in [2.24, 2.45) is 5.73 Å². The molecule has 2 rings (SSSR count). The van der Waals surface area contributed by atoms with Gasteiger partial charge in [0, 0.05) is 43.6 Å². The highest BCUT2D eigenvalue weighted by Crippen LogP contribution is 2.12. The van der Waals surface area contributed by atoms with Crippen LogP contribution in [0, 0.1) is 11.8 Å². The van der Waals surface area contributed by atoms with Gasteiger partial charge in [-0.2, -0.15) is 0 Å². The van der Waals surface area contributed by atoms with Crippen molar-refractivity contribution in [3.63, 3.8) is 0 Å². The summed E-state index contributed by atoms with van der Waals surface area (Å²) in [7, 11) is 2.08. The third-order valence-electron chi connectivity index (χ3n) is 3.57. The number of amides is 1. The fourth-order valence-corrected chi connectivity index (χ4v) is 2.19. The highest BCUT2D eigenvalue weighted by molar-refractivity contribution is 5.94. The molecule has 2 heterocycles. The Morgan fingerprint density at radius 2 is 2.30 bits per heavy atom. The number of pyridine rings is 1. The first-order valence-electron chi connectivity index (χ1n) is 6.75. The highest BCUT2D eigenvalue weighted by atomic mass is 16.2. The number of piperazine rings is 1. The largest absolute Gasteiger partial charge is 0.336 e. The minimum atomic E-state index is 0.0221. The van der Waals surface area contributed by atoms with E-state index >= 15 is 0 Å². The van der Waals surface area contributed by atoms with Gasteiger partial charge >= 0.3 is 0 Å². The van der Waals surface area contributed by atoms with Gasteiger partial charge in [0.05, 0.1) is 12.1 Å².